The molecule has 1 N–H and O–H groups in total. The van der Waals surface area contributed by atoms with Crippen LogP contribution in [0.4, 0.5) is 0 Å². The van der Waals surface area contributed by atoms with E-state index in [2.05, 4.69) is 24.3 Å². The topological polar surface area (TPSA) is 80.6 Å². The molecule has 0 saturated heterocycles. The standard InChI is InChI=1S/C29H24N2O5/c1-34-25-15-14-21(26(29(32)33)27(25)35-2)28-31-23(20-11-5-6-13-24(20)36-28)16-22(30-31)19-12-7-9-17-8-3-4-10-18(17)19/h3-15,23,28H,16H2,1-2H3,(H,32,33)/t23-,28+/m1/s1. The monoisotopic (exact) mass is 480 g/mol. The number of hydrogen-bond donors (Lipinski definition) is 1. The Balaban J connectivity index is 1.53. The molecule has 0 unspecified atom stereocenters. The Morgan fingerprint density at radius 2 is 1.72 bits per heavy atom. The highest BCUT2D eigenvalue weighted by Gasteiger charge is 2.43. The molecule has 2 aliphatic rings. The smallest absolute Gasteiger partial charge is 0.340 e. The molecule has 0 aromatic heterocycles. The van der Waals surface area contributed by atoms with Crippen molar-refractivity contribution in [2.75, 3.05) is 14.2 Å². The van der Waals surface area contributed by atoms with Crippen molar-refractivity contribution in [1.29, 1.82) is 0 Å². The Morgan fingerprint density at radius 1 is 0.944 bits per heavy atom. The fourth-order valence-corrected chi connectivity index (χ4v) is 5.25. The molecule has 7 nitrogen and oxygen atoms in total. The molecular weight excluding hydrogens is 456 g/mol. The van der Waals surface area contributed by atoms with Gasteiger partial charge in [0.05, 0.1) is 26.0 Å². The van der Waals surface area contributed by atoms with E-state index in [4.69, 9.17) is 19.3 Å². The third-order valence-corrected chi connectivity index (χ3v) is 6.86. The number of methoxy groups -OCH3 is 2. The Hall–Kier alpha value is -4.52. The van der Waals surface area contributed by atoms with Crippen LogP contribution in [-0.2, 0) is 0 Å². The van der Waals surface area contributed by atoms with E-state index in [-0.39, 0.29) is 17.4 Å². The molecule has 0 bridgehead atoms. The maximum atomic E-state index is 12.4. The fourth-order valence-electron chi connectivity index (χ4n) is 5.25. The van der Waals surface area contributed by atoms with E-state index in [0.29, 0.717) is 23.5 Å². The molecule has 2 atom stereocenters. The van der Waals surface area contributed by atoms with Crippen LogP contribution in [-0.4, -0.2) is 36.0 Å². The van der Waals surface area contributed by atoms with Gasteiger partial charge in [0.2, 0.25) is 6.23 Å². The molecule has 2 aliphatic heterocycles. The summed E-state index contributed by atoms with van der Waals surface area (Å²) in [5, 5.41) is 19.4. The maximum Gasteiger partial charge on any atom is 0.340 e. The van der Waals surface area contributed by atoms with Gasteiger partial charge >= 0.3 is 5.97 Å². The molecule has 7 heteroatoms. The van der Waals surface area contributed by atoms with Crippen molar-refractivity contribution in [2.24, 2.45) is 5.10 Å². The van der Waals surface area contributed by atoms with Gasteiger partial charge in [-0.3, -0.25) is 0 Å². The molecule has 0 aliphatic carbocycles. The minimum atomic E-state index is -1.13. The van der Waals surface area contributed by atoms with Crippen LogP contribution in [0.15, 0.2) is 84.0 Å². The third kappa shape index (κ3) is 3.35. The molecule has 4 aromatic carbocycles. The molecule has 0 fully saturated rings. The summed E-state index contributed by atoms with van der Waals surface area (Å²) in [7, 11) is 2.91. The number of hydrazone groups is 1. The quantitative estimate of drug-likeness (QED) is 0.389. The Bertz CT molecular complexity index is 1520. The van der Waals surface area contributed by atoms with Crippen molar-refractivity contribution in [3.63, 3.8) is 0 Å². The van der Waals surface area contributed by atoms with E-state index < -0.39 is 12.2 Å². The van der Waals surface area contributed by atoms with Gasteiger partial charge in [-0.15, -0.1) is 0 Å². The summed E-state index contributed by atoms with van der Waals surface area (Å²) < 4.78 is 17.2. The number of fused-ring (bicyclic) bond motifs is 4. The van der Waals surface area contributed by atoms with Crippen molar-refractivity contribution in [2.45, 2.75) is 18.7 Å². The van der Waals surface area contributed by atoms with Crippen LogP contribution in [0.2, 0.25) is 0 Å². The van der Waals surface area contributed by atoms with E-state index in [1.165, 1.54) is 14.2 Å². The maximum absolute atomic E-state index is 12.4. The molecule has 36 heavy (non-hydrogen) atoms. The second kappa shape index (κ2) is 8.61. The second-order valence-corrected chi connectivity index (χ2v) is 8.75. The Labute approximate surface area is 208 Å². The van der Waals surface area contributed by atoms with E-state index in [1.807, 2.05) is 47.5 Å². The first-order chi connectivity index (χ1) is 17.6. The van der Waals surface area contributed by atoms with Crippen LogP contribution < -0.4 is 14.2 Å². The summed E-state index contributed by atoms with van der Waals surface area (Å²) in [5.74, 6) is 0.0770. The van der Waals surface area contributed by atoms with Crippen LogP contribution in [0.1, 0.15) is 45.7 Å². The van der Waals surface area contributed by atoms with Gasteiger partial charge in [-0.2, -0.15) is 5.10 Å². The summed E-state index contributed by atoms with van der Waals surface area (Å²) in [6.07, 6.45) is -0.0936. The first-order valence-corrected chi connectivity index (χ1v) is 11.7. The van der Waals surface area contributed by atoms with Crippen LogP contribution in [0.5, 0.6) is 17.2 Å². The molecule has 0 amide bonds. The van der Waals surface area contributed by atoms with E-state index in [9.17, 15) is 9.90 Å². The number of aromatic carboxylic acids is 1. The lowest BCUT2D eigenvalue weighted by Gasteiger charge is -2.38. The number of ether oxygens (including phenoxy) is 3. The lowest BCUT2D eigenvalue weighted by atomic mass is 9.93. The average molecular weight is 481 g/mol. The highest BCUT2D eigenvalue weighted by atomic mass is 16.5. The number of rotatable bonds is 5. The van der Waals surface area contributed by atoms with Crippen molar-refractivity contribution in [3.05, 3.63) is 101 Å². The first kappa shape index (κ1) is 22.0. The number of carboxylic acid groups (broad SMARTS) is 1. The van der Waals surface area contributed by atoms with E-state index in [0.717, 1.165) is 27.6 Å². The molecular formula is C29H24N2O5. The largest absolute Gasteiger partial charge is 0.493 e. The average Bonchev–Trinajstić information content (AvgIpc) is 3.37. The number of benzene rings is 4. The van der Waals surface area contributed by atoms with Gasteiger partial charge in [-0.25, -0.2) is 9.80 Å². The van der Waals surface area contributed by atoms with Crippen molar-refractivity contribution in [1.82, 2.24) is 5.01 Å². The number of para-hydroxylation sites is 1. The highest BCUT2D eigenvalue weighted by Crippen LogP contribution is 2.49. The van der Waals surface area contributed by atoms with Crippen LogP contribution in [0, 0.1) is 0 Å². The molecule has 180 valence electrons. The van der Waals surface area contributed by atoms with Gasteiger partial charge < -0.3 is 19.3 Å². The van der Waals surface area contributed by atoms with Crippen LogP contribution in [0.3, 0.4) is 0 Å². The van der Waals surface area contributed by atoms with E-state index >= 15 is 0 Å². The zero-order valence-corrected chi connectivity index (χ0v) is 19.8. The van der Waals surface area contributed by atoms with Crippen LogP contribution in [0.25, 0.3) is 10.8 Å². The zero-order valence-electron chi connectivity index (χ0n) is 19.8. The van der Waals surface area contributed by atoms with Gasteiger partial charge in [-0.05, 0) is 29.0 Å². The Kier molecular flexibility index (Phi) is 5.25. The molecule has 4 aromatic rings. The van der Waals surface area contributed by atoms with Gasteiger partial charge in [-0.1, -0.05) is 60.7 Å². The molecule has 0 radical (unpaired) electrons. The van der Waals surface area contributed by atoms with Gasteiger partial charge in [0.1, 0.15) is 11.3 Å². The lowest BCUT2D eigenvalue weighted by molar-refractivity contribution is -0.0199. The predicted octanol–water partition coefficient (Wildman–Crippen LogP) is 5.80. The second-order valence-electron chi connectivity index (χ2n) is 8.75. The van der Waals surface area contributed by atoms with Gasteiger partial charge in [0, 0.05) is 23.1 Å². The normalized spacial score (nSPS) is 18.2. The molecule has 0 spiro atoms. The first-order valence-electron chi connectivity index (χ1n) is 11.7. The van der Waals surface area contributed by atoms with E-state index in [1.54, 1.807) is 12.1 Å². The lowest BCUT2D eigenvalue weighted by Crippen LogP contribution is -2.34. The summed E-state index contributed by atoms with van der Waals surface area (Å²) in [5.41, 5.74) is 3.45. The van der Waals surface area contributed by atoms with Crippen molar-refractivity contribution >= 4 is 22.5 Å². The minimum absolute atomic E-state index is 0.00575. The number of carbonyl (C=O) groups is 1. The summed E-state index contributed by atoms with van der Waals surface area (Å²) in [6.45, 7) is 0. The SMILES string of the molecule is COc1ccc([C@@H]2Oc3ccccc3[C@H]3CC(c4cccc5ccccc45)=NN32)c(C(=O)O)c1OC. The summed E-state index contributed by atoms with van der Waals surface area (Å²) in [4.78, 5) is 12.4. The zero-order chi connectivity index (χ0) is 24.8. The summed E-state index contributed by atoms with van der Waals surface area (Å²) >= 11 is 0. The molecule has 0 saturated carbocycles. The number of nitrogens with zero attached hydrogens (tertiary/aromatic N) is 2. The minimum Gasteiger partial charge on any atom is -0.493 e. The third-order valence-electron chi connectivity index (χ3n) is 6.86. The van der Waals surface area contributed by atoms with Gasteiger partial charge in [0.15, 0.2) is 11.5 Å². The van der Waals surface area contributed by atoms with Crippen LogP contribution >= 0.6 is 0 Å². The number of carboxylic acids is 1. The Morgan fingerprint density at radius 3 is 2.53 bits per heavy atom. The molecule has 6 rings (SSSR count). The number of hydrogen-bond acceptors (Lipinski definition) is 6. The summed E-state index contributed by atoms with van der Waals surface area (Å²) in [6, 6.07) is 25.6. The van der Waals surface area contributed by atoms with Crippen molar-refractivity contribution < 1.29 is 24.1 Å². The fraction of sp³-hybridized carbons (Fsp3) is 0.172. The van der Waals surface area contributed by atoms with Crippen molar-refractivity contribution in [3.8, 4) is 17.2 Å². The predicted molar refractivity (Wildman–Crippen MR) is 136 cm³/mol. The highest BCUT2D eigenvalue weighted by molar-refractivity contribution is 6.11. The van der Waals surface area contributed by atoms with Gasteiger partial charge in [0.25, 0.3) is 0 Å². The molecule has 2 heterocycles.